The fourth-order valence-electron chi connectivity index (χ4n) is 2.08. The van der Waals surface area contributed by atoms with E-state index >= 15 is 0 Å². The molecule has 0 saturated carbocycles. The zero-order chi connectivity index (χ0) is 14.5. The number of benzene rings is 1. The third-order valence-electron chi connectivity index (χ3n) is 3.24. The monoisotopic (exact) mass is 278 g/mol. The smallest absolute Gasteiger partial charge is 0.335 e. The van der Waals surface area contributed by atoms with Crippen LogP contribution in [0.3, 0.4) is 0 Å². The van der Waals surface area contributed by atoms with Crippen molar-refractivity contribution >= 4 is 17.7 Å². The highest BCUT2D eigenvalue weighted by Gasteiger charge is 2.23. The molecule has 2 rings (SSSR count). The predicted molar refractivity (Wildman–Crippen MR) is 74.0 cm³/mol. The van der Waals surface area contributed by atoms with Gasteiger partial charge in [-0.05, 0) is 24.6 Å². The molecule has 1 atom stereocenters. The van der Waals surface area contributed by atoms with E-state index in [1.54, 1.807) is 17.0 Å². The molecule has 2 amide bonds. The minimum Gasteiger partial charge on any atom is -0.478 e. The lowest BCUT2D eigenvalue weighted by molar-refractivity contribution is -0.0134. The first kappa shape index (κ1) is 14.3. The molecular weight excluding hydrogens is 260 g/mol. The number of anilines is 1. The van der Waals surface area contributed by atoms with Gasteiger partial charge in [0.1, 0.15) is 0 Å². The number of aromatic carboxylic acids is 1. The summed E-state index contributed by atoms with van der Waals surface area (Å²) in [5.41, 5.74) is 0.630. The van der Waals surface area contributed by atoms with E-state index in [1.165, 1.54) is 12.1 Å². The summed E-state index contributed by atoms with van der Waals surface area (Å²) in [6, 6.07) is 5.97. The van der Waals surface area contributed by atoms with Gasteiger partial charge >= 0.3 is 12.0 Å². The summed E-state index contributed by atoms with van der Waals surface area (Å²) < 4.78 is 5.51. The Kier molecular flexibility index (Phi) is 4.57. The Morgan fingerprint density at radius 1 is 1.50 bits per heavy atom. The van der Waals surface area contributed by atoms with Gasteiger partial charge in [-0.2, -0.15) is 0 Å². The molecule has 0 aromatic heterocycles. The topological polar surface area (TPSA) is 78.9 Å². The van der Waals surface area contributed by atoms with Crippen molar-refractivity contribution in [1.82, 2.24) is 4.90 Å². The number of urea groups is 1. The third-order valence-corrected chi connectivity index (χ3v) is 3.24. The molecule has 0 aliphatic carbocycles. The largest absolute Gasteiger partial charge is 0.478 e. The maximum absolute atomic E-state index is 12.1. The first-order valence-corrected chi connectivity index (χ1v) is 6.61. The minimum atomic E-state index is -1.02. The summed E-state index contributed by atoms with van der Waals surface area (Å²) in [4.78, 5) is 24.7. The molecule has 2 N–H and O–H groups in total. The van der Waals surface area contributed by atoms with Crippen molar-refractivity contribution in [1.29, 1.82) is 0 Å². The second kappa shape index (κ2) is 6.38. The van der Waals surface area contributed by atoms with E-state index in [4.69, 9.17) is 9.84 Å². The van der Waals surface area contributed by atoms with Gasteiger partial charge in [-0.15, -0.1) is 0 Å². The van der Waals surface area contributed by atoms with E-state index in [0.29, 0.717) is 25.4 Å². The molecule has 6 nitrogen and oxygen atoms in total. The number of rotatable bonds is 3. The first-order valence-electron chi connectivity index (χ1n) is 6.61. The van der Waals surface area contributed by atoms with Gasteiger partial charge in [0.05, 0.1) is 18.3 Å². The van der Waals surface area contributed by atoms with Crippen molar-refractivity contribution in [2.75, 3.05) is 25.0 Å². The van der Waals surface area contributed by atoms with Crippen molar-refractivity contribution in [3.63, 3.8) is 0 Å². The van der Waals surface area contributed by atoms with Crippen LogP contribution in [-0.2, 0) is 4.74 Å². The van der Waals surface area contributed by atoms with Crippen LogP contribution in [0.1, 0.15) is 23.7 Å². The van der Waals surface area contributed by atoms with Crippen molar-refractivity contribution in [2.24, 2.45) is 0 Å². The molecule has 1 fully saturated rings. The lowest BCUT2D eigenvalue weighted by Gasteiger charge is -2.32. The van der Waals surface area contributed by atoms with Crippen LogP contribution in [0.15, 0.2) is 24.3 Å². The van der Waals surface area contributed by atoms with Gasteiger partial charge in [0.2, 0.25) is 0 Å². The van der Waals surface area contributed by atoms with Gasteiger partial charge < -0.3 is 20.1 Å². The molecule has 0 spiro atoms. The van der Waals surface area contributed by atoms with Crippen molar-refractivity contribution in [2.45, 2.75) is 19.4 Å². The summed E-state index contributed by atoms with van der Waals surface area (Å²) in [5, 5.41) is 11.6. The predicted octanol–water partition coefficient (Wildman–Crippen LogP) is 2.03. The Morgan fingerprint density at radius 2 is 2.30 bits per heavy atom. The zero-order valence-electron chi connectivity index (χ0n) is 11.3. The number of hydrogen-bond acceptors (Lipinski definition) is 3. The number of carboxylic acid groups (broad SMARTS) is 1. The Morgan fingerprint density at radius 3 is 3.00 bits per heavy atom. The van der Waals surface area contributed by atoms with E-state index in [9.17, 15) is 9.59 Å². The van der Waals surface area contributed by atoms with E-state index in [1.807, 2.05) is 6.92 Å². The maximum Gasteiger partial charge on any atom is 0.335 e. The molecule has 1 aromatic rings. The fourth-order valence-corrected chi connectivity index (χ4v) is 2.08. The van der Waals surface area contributed by atoms with Gasteiger partial charge in [-0.3, -0.25) is 0 Å². The average Bonchev–Trinajstić information content (AvgIpc) is 2.47. The van der Waals surface area contributed by atoms with E-state index in [0.717, 1.165) is 6.42 Å². The quantitative estimate of drug-likeness (QED) is 0.886. The van der Waals surface area contributed by atoms with Crippen LogP contribution < -0.4 is 5.32 Å². The Labute approximate surface area is 117 Å². The van der Waals surface area contributed by atoms with E-state index < -0.39 is 5.97 Å². The summed E-state index contributed by atoms with van der Waals surface area (Å²) in [6.07, 6.45) is 0.929. The zero-order valence-corrected chi connectivity index (χ0v) is 11.3. The highest BCUT2D eigenvalue weighted by atomic mass is 16.5. The van der Waals surface area contributed by atoms with Crippen LogP contribution in [0.25, 0.3) is 0 Å². The molecule has 6 heteroatoms. The molecule has 1 aliphatic rings. The lowest BCUT2D eigenvalue weighted by atomic mass is 10.2. The average molecular weight is 278 g/mol. The molecule has 1 aliphatic heterocycles. The Hall–Kier alpha value is -2.08. The number of carbonyl (C=O) groups is 2. The van der Waals surface area contributed by atoms with E-state index in [-0.39, 0.29) is 17.7 Å². The van der Waals surface area contributed by atoms with Crippen LogP contribution in [0, 0.1) is 0 Å². The van der Waals surface area contributed by atoms with Crippen LogP contribution in [0.4, 0.5) is 10.5 Å². The number of carbonyl (C=O) groups excluding carboxylic acids is 1. The fraction of sp³-hybridized carbons (Fsp3) is 0.429. The molecule has 1 heterocycles. The summed E-state index contributed by atoms with van der Waals surface area (Å²) in [7, 11) is 0. The second-order valence-corrected chi connectivity index (χ2v) is 4.66. The summed E-state index contributed by atoms with van der Waals surface area (Å²) in [5.74, 6) is -1.02. The summed E-state index contributed by atoms with van der Waals surface area (Å²) >= 11 is 0. The molecule has 108 valence electrons. The number of hydrogen-bond donors (Lipinski definition) is 2. The number of morpholine rings is 1. The molecule has 0 radical (unpaired) electrons. The lowest BCUT2D eigenvalue weighted by Crippen LogP contribution is -2.47. The number of nitrogens with zero attached hydrogens (tertiary/aromatic N) is 1. The Balaban J connectivity index is 2.00. The number of ether oxygens (including phenoxy) is 1. The SMILES string of the molecule is CCC1CN(C(=O)Nc2cccc(C(=O)O)c2)CCO1. The highest BCUT2D eigenvalue weighted by Crippen LogP contribution is 2.14. The van der Waals surface area contributed by atoms with Crippen molar-refractivity contribution in [3.8, 4) is 0 Å². The van der Waals surface area contributed by atoms with Gasteiger partial charge in [-0.1, -0.05) is 13.0 Å². The Bertz CT molecular complexity index is 504. The van der Waals surface area contributed by atoms with Gasteiger partial charge in [0.15, 0.2) is 0 Å². The van der Waals surface area contributed by atoms with Gasteiger partial charge in [-0.25, -0.2) is 9.59 Å². The molecular formula is C14H18N2O4. The normalized spacial score (nSPS) is 18.6. The third kappa shape index (κ3) is 3.48. The summed E-state index contributed by atoms with van der Waals surface area (Å²) in [6.45, 7) is 3.64. The van der Waals surface area contributed by atoms with Crippen molar-refractivity contribution in [3.05, 3.63) is 29.8 Å². The van der Waals surface area contributed by atoms with Gasteiger partial charge in [0.25, 0.3) is 0 Å². The minimum absolute atomic E-state index is 0.0693. The van der Waals surface area contributed by atoms with Crippen LogP contribution in [-0.4, -0.2) is 47.8 Å². The first-order chi connectivity index (χ1) is 9.60. The molecule has 1 unspecified atom stereocenters. The standard InChI is InChI=1S/C14H18N2O4/c1-2-12-9-16(6-7-20-12)14(19)15-11-5-3-4-10(8-11)13(17)18/h3-5,8,12H,2,6-7,9H2,1H3,(H,15,19)(H,17,18). The molecule has 1 aromatic carbocycles. The number of nitrogens with one attached hydrogen (secondary N) is 1. The van der Waals surface area contributed by atoms with Crippen molar-refractivity contribution < 1.29 is 19.4 Å². The van der Waals surface area contributed by atoms with Crippen LogP contribution >= 0.6 is 0 Å². The molecule has 0 bridgehead atoms. The van der Waals surface area contributed by atoms with E-state index in [2.05, 4.69) is 5.32 Å². The number of carboxylic acids is 1. The maximum atomic E-state index is 12.1. The van der Waals surface area contributed by atoms with Crippen LogP contribution in [0.2, 0.25) is 0 Å². The molecule has 1 saturated heterocycles. The molecule has 20 heavy (non-hydrogen) atoms. The van der Waals surface area contributed by atoms with Crippen LogP contribution in [0.5, 0.6) is 0 Å². The second-order valence-electron chi connectivity index (χ2n) is 4.66. The van der Waals surface area contributed by atoms with Gasteiger partial charge in [0, 0.05) is 18.8 Å². The number of amides is 2. The highest BCUT2D eigenvalue weighted by molar-refractivity contribution is 5.93.